The van der Waals surface area contributed by atoms with Crippen LogP contribution in [0.1, 0.15) is 15.9 Å². The molecule has 0 aliphatic rings. The van der Waals surface area contributed by atoms with Gasteiger partial charge >= 0.3 is 5.97 Å². The van der Waals surface area contributed by atoms with Crippen molar-refractivity contribution in [2.24, 2.45) is 0 Å². The van der Waals surface area contributed by atoms with E-state index in [1.54, 1.807) is 12.1 Å². The number of amides is 1. The van der Waals surface area contributed by atoms with Crippen LogP contribution in [0.5, 0.6) is 0 Å². The van der Waals surface area contributed by atoms with E-state index < -0.39 is 12.0 Å². The van der Waals surface area contributed by atoms with E-state index in [2.05, 4.69) is 10.3 Å². The number of ether oxygens (including phenoxy) is 1. The zero-order valence-corrected chi connectivity index (χ0v) is 17.0. The molecule has 0 saturated heterocycles. The number of hydrogen-bond donors (Lipinski definition) is 1. The molecule has 1 aromatic heterocycles. The second-order valence-corrected chi connectivity index (χ2v) is 7.34. The zero-order valence-electron chi connectivity index (χ0n) is 16.3. The standard InChI is InChI=1S/C24H19ClN2O3/c1-30-24(29)21(14-15-10-12-16(25)13-11-15)27-23(28)22-17-6-2-4-8-19(17)26-20-9-5-3-7-18(20)22/h2-13,21H,14H2,1H3,(H,27,28)/t21-/m0/s1. The Morgan fingerprint density at radius 2 is 1.50 bits per heavy atom. The van der Waals surface area contributed by atoms with Crippen LogP contribution in [0.4, 0.5) is 0 Å². The van der Waals surface area contributed by atoms with Gasteiger partial charge in [-0.3, -0.25) is 4.79 Å². The van der Waals surface area contributed by atoms with Gasteiger partial charge in [0, 0.05) is 22.2 Å². The van der Waals surface area contributed by atoms with Crippen molar-refractivity contribution in [3.05, 3.63) is 88.9 Å². The number of rotatable bonds is 5. The fraction of sp³-hybridized carbons (Fsp3) is 0.125. The third-order valence-electron chi connectivity index (χ3n) is 4.96. The maximum Gasteiger partial charge on any atom is 0.328 e. The van der Waals surface area contributed by atoms with E-state index in [1.807, 2.05) is 60.7 Å². The van der Waals surface area contributed by atoms with Crippen LogP contribution in [0.15, 0.2) is 72.8 Å². The predicted octanol–water partition coefficient (Wildman–Crippen LogP) is 4.56. The first kappa shape index (κ1) is 19.9. The van der Waals surface area contributed by atoms with E-state index in [0.717, 1.165) is 16.3 Å². The first-order chi connectivity index (χ1) is 14.6. The van der Waals surface area contributed by atoms with Gasteiger partial charge in [-0.25, -0.2) is 9.78 Å². The van der Waals surface area contributed by atoms with Crippen molar-refractivity contribution < 1.29 is 14.3 Å². The molecule has 0 spiro atoms. The number of hydrogen-bond acceptors (Lipinski definition) is 4. The van der Waals surface area contributed by atoms with E-state index in [4.69, 9.17) is 16.3 Å². The number of halogens is 1. The molecule has 4 rings (SSSR count). The lowest BCUT2D eigenvalue weighted by molar-refractivity contribution is -0.142. The fourth-order valence-corrected chi connectivity index (χ4v) is 3.63. The van der Waals surface area contributed by atoms with Crippen LogP contribution in [-0.4, -0.2) is 30.0 Å². The van der Waals surface area contributed by atoms with Crippen LogP contribution >= 0.6 is 11.6 Å². The van der Waals surface area contributed by atoms with Gasteiger partial charge in [0.05, 0.1) is 23.7 Å². The molecule has 3 aromatic carbocycles. The smallest absolute Gasteiger partial charge is 0.328 e. The fourth-order valence-electron chi connectivity index (χ4n) is 3.51. The molecular weight excluding hydrogens is 400 g/mol. The van der Waals surface area contributed by atoms with Gasteiger partial charge in [-0.1, -0.05) is 60.1 Å². The summed E-state index contributed by atoms with van der Waals surface area (Å²) in [4.78, 5) is 30.4. The Hall–Kier alpha value is -3.44. The van der Waals surface area contributed by atoms with Gasteiger partial charge in [0.25, 0.3) is 5.91 Å². The normalized spacial score (nSPS) is 11.9. The Labute approximate surface area is 178 Å². The lowest BCUT2D eigenvalue weighted by Gasteiger charge is -2.18. The highest BCUT2D eigenvalue weighted by atomic mass is 35.5. The minimum absolute atomic E-state index is 0.288. The summed E-state index contributed by atoms with van der Waals surface area (Å²) in [6, 6.07) is 21.2. The summed E-state index contributed by atoms with van der Waals surface area (Å²) in [7, 11) is 1.31. The number of nitrogens with zero attached hydrogens (tertiary/aromatic N) is 1. The quantitative estimate of drug-likeness (QED) is 0.381. The highest BCUT2D eigenvalue weighted by molar-refractivity contribution is 6.30. The third-order valence-corrected chi connectivity index (χ3v) is 5.21. The van der Waals surface area contributed by atoms with Crippen LogP contribution in [0, 0.1) is 0 Å². The molecule has 1 atom stereocenters. The summed E-state index contributed by atoms with van der Waals surface area (Å²) in [5, 5.41) is 4.91. The minimum atomic E-state index is -0.839. The summed E-state index contributed by atoms with van der Waals surface area (Å²) in [5.74, 6) is -0.866. The first-order valence-corrected chi connectivity index (χ1v) is 9.85. The molecule has 150 valence electrons. The molecule has 4 aromatic rings. The molecule has 0 unspecified atom stereocenters. The number of fused-ring (bicyclic) bond motifs is 2. The van der Waals surface area contributed by atoms with Crippen molar-refractivity contribution in [3.63, 3.8) is 0 Å². The summed E-state index contributed by atoms with van der Waals surface area (Å²) in [5.41, 5.74) is 2.78. The molecule has 0 fully saturated rings. The van der Waals surface area contributed by atoms with Gasteiger partial charge in [-0.15, -0.1) is 0 Å². The summed E-state index contributed by atoms with van der Waals surface area (Å²) >= 11 is 5.95. The van der Waals surface area contributed by atoms with Crippen molar-refractivity contribution in [2.45, 2.75) is 12.5 Å². The van der Waals surface area contributed by atoms with E-state index in [0.29, 0.717) is 21.6 Å². The van der Waals surface area contributed by atoms with Crippen molar-refractivity contribution in [3.8, 4) is 0 Å². The maximum absolute atomic E-state index is 13.4. The average molecular weight is 419 g/mol. The van der Waals surface area contributed by atoms with Gasteiger partial charge in [0.2, 0.25) is 0 Å². The highest BCUT2D eigenvalue weighted by Crippen LogP contribution is 2.26. The monoisotopic (exact) mass is 418 g/mol. The number of para-hydroxylation sites is 2. The molecular formula is C24H19ClN2O3. The lowest BCUT2D eigenvalue weighted by atomic mass is 10.0. The molecule has 30 heavy (non-hydrogen) atoms. The SMILES string of the molecule is COC(=O)[C@H](Cc1ccc(Cl)cc1)NC(=O)c1c2ccccc2nc2ccccc12. The summed E-state index contributed by atoms with van der Waals surface area (Å²) < 4.78 is 4.93. The molecule has 0 radical (unpaired) electrons. The van der Waals surface area contributed by atoms with Crippen LogP contribution in [0.25, 0.3) is 21.8 Å². The van der Waals surface area contributed by atoms with Crippen molar-refractivity contribution in [1.82, 2.24) is 10.3 Å². The molecule has 0 aliphatic carbocycles. The molecule has 0 aliphatic heterocycles. The Kier molecular flexibility index (Phi) is 5.63. The Balaban J connectivity index is 1.74. The van der Waals surface area contributed by atoms with Gasteiger partial charge < -0.3 is 10.1 Å². The van der Waals surface area contributed by atoms with E-state index in [-0.39, 0.29) is 12.3 Å². The molecule has 1 N–H and O–H groups in total. The number of benzene rings is 3. The van der Waals surface area contributed by atoms with Gasteiger partial charge in [0.1, 0.15) is 6.04 Å². The Bertz CT molecular complexity index is 1180. The number of carbonyl (C=O) groups excluding carboxylic acids is 2. The molecule has 0 bridgehead atoms. The van der Waals surface area contributed by atoms with Crippen LogP contribution in [-0.2, 0) is 16.0 Å². The minimum Gasteiger partial charge on any atom is -0.467 e. The molecule has 1 heterocycles. The van der Waals surface area contributed by atoms with Crippen molar-refractivity contribution in [1.29, 1.82) is 0 Å². The highest BCUT2D eigenvalue weighted by Gasteiger charge is 2.25. The Morgan fingerprint density at radius 3 is 2.07 bits per heavy atom. The van der Waals surface area contributed by atoms with E-state index in [9.17, 15) is 9.59 Å². The van der Waals surface area contributed by atoms with E-state index >= 15 is 0 Å². The second-order valence-electron chi connectivity index (χ2n) is 6.90. The third kappa shape index (κ3) is 3.98. The predicted molar refractivity (Wildman–Crippen MR) is 118 cm³/mol. The van der Waals surface area contributed by atoms with E-state index in [1.165, 1.54) is 7.11 Å². The van der Waals surface area contributed by atoms with Crippen LogP contribution in [0.3, 0.4) is 0 Å². The first-order valence-electron chi connectivity index (χ1n) is 9.47. The molecule has 1 amide bonds. The summed E-state index contributed by atoms with van der Waals surface area (Å²) in [6.07, 6.45) is 0.288. The lowest BCUT2D eigenvalue weighted by Crippen LogP contribution is -2.43. The number of carbonyl (C=O) groups is 2. The number of aromatic nitrogens is 1. The molecule has 0 saturated carbocycles. The van der Waals surface area contributed by atoms with Gasteiger partial charge in [0.15, 0.2) is 0 Å². The zero-order chi connectivity index (χ0) is 21.1. The Morgan fingerprint density at radius 1 is 0.933 bits per heavy atom. The topological polar surface area (TPSA) is 68.3 Å². The van der Waals surface area contributed by atoms with Crippen LogP contribution < -0.4 is 5.32 Å². The number of methoxy groups -OCH3 is 1. The van der Waals surface area contributed by atoms with Gasteiger partial charge in [-0.2, -0.15) is 0 Å². The van der Waals surface area contributed by atoms with Gasteiger partial charge in [-0.05, 0) is 29.8 Å². The van der Waals surface area contributed by atoms with Crippen molar-refractivity contribution >= 4 is 45.3 Å². The summed E-state index contributed by atoms with van der Waals surface area (Å²) in [6.45, 7) is 0. The second kappa shape index (κ2) is 8.51. The van der Waals surface area contributed by atoms with Crippen molar-refractivity contribution in [2.75, 3.05) is 7.11 Å². The molecule has 6 heteroatoms. The molecule has 5 nitrogen and oxygen atoms in total. The van der Waals surface area contributed by atoms with Crippen LogP contribution in [0.2, 0.25) is 5.02 Å². The maximum atomic E-state index is 13.4. The number of pyridine rings is 1. The number of nitrogens with one attached hydrogen (secondary N) is 1. The largest absolute Gasteiger partial charge is 0.467 e. The number of esters is 1. The average Bonchev–Trinajstić information content (AvgIpc) is 2.77.